The Morgan fingerprint density at radius 1 is 1.33 bits per heavy atom. The lowest BCUT2D eigenvalue weighted by Gasteiger charge is -1.92. The van der Waals surface area contributed by atoms with Crippen molar-refractivity contribution >= 4 is 22.9 Å². The highest BCUT2D eigenvalue weighted by molar-refractivity contribution is 7.14. The van der Waals surface area contributed by atoms with Gasteiger partial charge in [0.25, 0.3) is 0 Å². The fourth-order valence-corrected chi connectivity index (χ4v) is 2.01. The van der Waals surface area contributed by atoms with Crippen molar-refractivity contribution in [1.29, 1.82) is 0 Å². The van der Waals surface area contributed by atoms with Gasteiger partial charge in [0, 0.05) is 11.6 Å². The average Bonchev–Trinajstić information content (AvgIpc) is 2.54. The van der Waals surface area contributed by atoms with E-state index in [1.807, 2.05) is 29.6 Å². The molecule has 0 aliphatic rings. The van der Waals surface area contributed by atoms with E-state index in [0.717, 1.165) is 15.6 Å². The summed E-state index contributed by atoms with van der Waals surface area (Å²) in [4.78, 5) is 5.33. The fourth-order valence-electron chi connectivity index (χ4n) is 0.956. The zero-order valence-corrected chi connectivity index (χ0v) is 7.77. The molecule has 0 radical (unpaired) electrons. The monoisotopic (exact) mass is 195 g/mol. The van der Waals surface area contributed by atoms with Crippen LogP contribution in [0.4, 0.5) is 0 Å². The molecule has 0 unspecified atom stereocenters. The first kappa shape index (κ1) is 7.77. The maximum atomic E-state index is 5.79. The summed E-state index contributed by atoms with van der Waals surface area (Å²) in [6.45, 7) is 0. The Morgan fingerprint density at radius 3 is 2.83 bits per heavy atom. The van der Waals surface area contributed by atoms with E-state index in [2.05, 4.69) is 4.98 Å². The Hall–Kier alpha value is -0.860. The predicted molar refractivity (Wildman–Crippen MR) is 52.6 cm³/mol. The van der Waals surface area contributed by atoms with Crippen molar-refractivity contribution in [2.24, 2.45) is 0 Å². The van der Waals surface area contributed by atoms with E-state index in [0.29, 0.717) is 0 Å². The van der Waals surface area contributed by atoms with Gasteiger partial charge in [-0.2, -0.15) is 0 Å². The third-order valence-electron chi connectivity index (χ3n) is 1.48. The summed E-state index contributed by atoms with van der Waals surface area (Å²) in [5, 5.41) is 2.69. The first-order valence-corrected chi connectivity index (χ1v) is 4.77. The normalized spacial score (nSPS) is 10.1. The zero-order chi connectivity index (χ0) is 8.39. The molecule has 0 atom stereocenters. The van der Waals surface area contributed by atoms with E-state index < -0.39 is 0 Å². The van der Waals surface area contributed by atoms with Crippen molar-refractivity contribution in [3.8, 4) is 10.6 Å². The van der Waals surface area contributed by atoms with Crippen molar-refractivity contribution in [2.75, 3.05) is 0 Å². The van der Waals surface area contributed by atoms with E-state index in [1.165, 1.54) is 0 Å². The predicted octanol–water partition coefficient (Wildman–Crippen LogP) is 3.46. The molecule has 60 valence electrons. The van der Waals surface area contributed by atoms with Gasteiger partial charge < -0.3 is 0 Å². The SMILES string of the molecule is Clc1csc(-c2ccccn2)c1. The van der Waals surface area contributed by atoms with Crippen LogP contribution in [0.25, 0.3) is 10.6 Å². The van der Waals surface area contributed by atoms with Crippen LogP contribution in [0.2, 0.25) is 5.02 Å². The van der Waals surface area contributed by atoms with Crippen LogP contribution in [-0.4, -0.2) is 4.98 Å². The third kappa shape index (κ3) is 1.49. The van der Waals surface area contributed by atoms with E-state index in [4.69, 9.17) is 11.6 Å². The lowest BCUT2D eigenvalue weighted by Crippen LogP contribution is -1.75. The van der Waals surface area contributed by atoms with Gasteiger partial charge in [-0.25, -0.2) is 0 Å². The summed E-state index contributed by atoms with van der Waals surface area (Å²) in [6, 6.07) is 7.77. The van der Waals surface area contributed by atoms with Crippen LogP contribution in [0, 0.1) is 0 Å². The molecule has 2 rings (SSSR count). The van der Waals surface area contributed by atoms with Crippen LogP contribution >= 0.6 is 22.9 Å². The summed E-state index contributed by atoms with van der Waals surface area (Å²) in [7, 11) is 0. The molecule has 2 aromatic heterocycles. The largest absolute Gasteiger partial charge is 0.255 e. The Bertz CT molecular complexity index is 369. The minimum Gasteiger partial charge on any atom is -0.255 e. The maximum absolute atomic E-state index is 5.79. The Labute approximate surface area is 79.7 Å². The van der Waals surface area contributed by atoms with Gasteiger partial charge in [-0.05, 0) is 18.2 Å². The van der Waals surface area contributed by atoms with Gasteiger partial charge in [-0.15, -0.1) is 11.3 Å². The molecule has 1 nitrogen and oxygen atoms in total. The second kappa shape index (κ2) is 3.25. The molecule has 0 saturated heterocycles. The Morgan fingerprint density at radius 2 is 2.25 bits per heavy atom. The van der Waals surface area contributed by atoms with E-state index in [1.54, 1.807) is 17.5 Å². The molecule has 0 saturated carbocycles. The number of hydrogen-bond acceptors (Lipinski definition) is 2. The van der Waals surface area contributed by atoms with Gasteiger partial charge >= 0.3 is 0 Å². The minimum atomic E-state index is 0.778. The summed E-state index contributed by atoms with van der Waals surface area (Å²) in [6.07, 6.45) is 1.78. The second-order valence-corrected chi connectivity index (χ2v) is 3.69. The number of halogens is 1. The van der Waals surface area contributed by atoms with Gasteiger partial charge in [0.05, 0.1) is 15.6 Å². The lowest BCUT2D eigenvalue weighted by molar-refractivity contribution is 1.34. The van der Waals surface area contributed by atoms with Crippen LogP contribution in [-0.2, 0) is 0 Å². The first-order valence-electron chi connectivity index (χ1n) is 3.52. The summed E-state index contributed by atoms with van der Waals surface area (Å²) in [5.74, 6) is 0. The second-order valence-electron chi connectivity index (χ2n) is 2.34. The number of hydrogen-bond donors (Lipinski definition) is 0. The lowest BCUT2D eigenvalue weighted by atomic mass is 10.3. The van der Waals surface area contributed by atoms with Crippen LogP contribution < -0.4 is 0 Å². The van der Waals surface area contributed by atoms with Gasteiger partial charge in [0.1, 0.15) is 0 Å². The van der Waals surface area contributed by atoms with Gasteiger partial charge in [-0.3, -0.25) is 4.98 Å². The van der Waals surface area contributed by atoms with Gasteiger partial charge in [0.15, 0.2) is 0 Å². The Balaban J connectivity index is 2.45. The molecule has 0 aliphatic carbocycles. The zero-order valence-electron chi connectivity index (χ0n) is 6.20. The van der Waals surface area contributed by atoms with Crippen molar-refractivity contribution < 1.29 is 0 Å². The number of rotatable bonds is 1. The van der Waals surface area contributed by atoms with Crippen LogP contribution in [0.5, 0.6) is 0 Å². The molecule has 0 N–H and O–H groups in total. The molecule has 0 aromatic carbocycles. The smallest absolute Gasteiger partial charge is 0.0802 e. The molecule has 0 fully saturated rings. The van der Waals surface area contributed by atoms with Crippen molar-refractivity contribution in [1.82, 2.24) is 4.98 Å². The fraction of sp³-hybridized carbons (Fsp3) is 0. The minimum absolute atomic E-state index is 0.778. The number of pyridine rings is 1. The molecular formula is C9H6ClNS. The highest BCUT2D eigenvalue weighted by Gasteiger charge is 2.00. The van der Waals surface area contributed by atoms with E-state index in [-0.39, 0.29) is 0 Å². The van der Waals surface area contributed by atoms with Gasteiger partial charge in [0.2, 0.25) is 0 Å². The highest BCUT2D eigenvalue weighted by atomic mass is 35.5. The summed E-state index contributed by atoms with van der Waals surface area (Å²) in [5.41, 5.74) is 0.981. The molecule has 0 amide bonds. The van der Waals surface area contributed by atoms with E-state index >= 15 is 0 Å². The standard InChI is InChI=1S/C9H6ClNS/c10-7-5-9(12-6-7)8-3-1-2-4-11-8/h1-6H. The van der Waals surface area contributed by atoms with Crippen molar-refractivity contribution in [3.63, 3.8) is 0 Å². The third-order valence-corrected chi connectivity index (χ3v) is 2.79. The molecule has 0 bridgehead atoms. The molecule has 2 heterocycles. The molecule has 3 heteroatoms. The van der Waals surface area contributed by atoms with Gasteiger partial charge in [-0.1, -0.05) is 17.7 Å². The van der Waals surface area contributed by atoms with Crippen molar-refractivity contribution in [3.05, 3.63) is 40.9 Å². The number of aromatic nitrogens is 1. The molecule has 2 aromatic rings. The Kier molecular flexibility index (Phi) is 2.11. The van der Waals surface area contributed by atoms with E-state index in [9.17, 15) is 0 Å². The molecule has 0 spiro atoms. The topological polar surface area (TPSA) is 12.9 Å². The quantitative estimate of drug-likeness (QED) is 0.679. The highest BCUT2D eigenvalue weighted by Crippen LogP contribution is 2.27. The number of thiophene rings is 1. The van der Waals surface area contributed by atoms with Crippen molar-refractivity contribution in [2.45, 2.75) is 0 Å². The van der Waals surface area contributed by atoms with Crippen LogP contribution in [0.1, 0.15) is 0 Å². The molecule has 0 aliphatic heterocycles. The van der Waals surface area contributed by atoms with Crippen LogP contribution in [0.3, 0.4) is 0 Å². The summed E-state index contributed by atoms with van der Waals surface area (Å²) >= 11 is 7.40. The molecular weight excluding hydrogens is 190 g/mol. The summed E-state index contributed by atoms with van der Waals surface area (Å²) < 4.78 is 0. The van der Waals surface area contributed by atoms with Crippen LogP contribution in [0.15, 0.2) is 35.8 Å². The molecule has 12 heavy (non-hydrogen) atoms. The average molecular weight is 196 g/mol. The first-order chi connectivity index (χ1) is 5.86. The maximum Gasteiger partial charge on any atom is 0.0802 e. The number of nitrogens with zero attached hydrogens (tertiary/aromatic N) is 1.